The molecule has 0 aromatic heterocycles. The number of ketones is 1. The number of carbonyl (C=O) groups excluding carboxylic acids is 1. The average Bonchev–Trinajstić information content (AvgIpc) is 3.13. The zero-order valence-electron chi connectivity index (χ0n) is 12.9. The van der Waals surface area contributed by atoms with Crippen LogP contribution >= 0.6 is 0 Å². The minimum absolute atomic E-state index is 0.181. The largest absolute Gasteiger partial charge is 0.480 e. The molecule has 1 fully saturated rings. The predicted octanol–water partition coefficient (Wildman–Crippen LogP) is 3.16. The number of allylic oxidation sites excluding steroid dienone is 1. The number of carboxylic acids is 1. The molecule has 2 rings (SSSR count). The molecule has 0 aliphatic heterocycles. The van der Waals surface area contributed by atoms with Crippen LogP contribution in [-0.4, -0.2) is 16.9 Å². The molecule has 1 aliphatic carbocycles. The lowest BCUT2D eigenvalue weighted by atomic mass is 9.85. The van der Waals surface area contributed by atoms with Crippen LogP contribution in [0.5, 0.6) is 0 Å². The molecule has 0 spiro atoms. The Kier molecular flexibility index (Phi) is 3.93. The lowest BCUT2D eigenvalue weighted by molar-refractivity contribution is -0.143. The third-order valence-corrected chi connectivity index (χ3v) is 4.12. The van der Waals surface area contributed by atoms with Crippen molar-refractivity contribution in [2.24, 2.45) is 22.7 Å². The maximum Gasteiger partial charge on any atom is 0.325 e. The van der Waals surface area contributed by atoms with E-state index in [-0.39, 0.29) is 5.78 Å². The van der Waals surface area contributed by atoms with E-state index in [0.29, 0.717) is 0 Å². The molecule has 4 nitrogen and oxygen atoms in total. The zero-order chi connectivity index (χ0) is 16.5. The number of nitrogens with zero attached hydrogens (tertiary/aromatic N) is 1. The normalized spacial score (nSPS) is 27.4. The van der Waals surface area contributed by atoms with Crippen molar-refractivity contribution in [3.05, 3.63) is 42.0 Å². The topological polar surface area (TPSA) is 78.2 Å². The van der Waals surface area contributed by atoms with Crippen molar-refractivity contribution in [1.29, 1.82) is 5.26 Å². The van der Waals surface area contributed by atoms with Crippen molar-refractivity contribution in [3.8, 4) is 6.07 Å². The number of carbonyl (C=O) groups is 2. The van der Waals surface area contributed by atoms with E-state index in [1.54, 1.807) is 32.9 Å². The van der Waals surface area contributed by atoms with Gasteiger partial charge in [-0.25, -0.2) is 0 Å². The number of benzene rings is 1. The molecule has 3 atom stereocenters. The summed E-state index contributed by atoms with van der Waals surface area (Å²) in [7, 11) is 0. The highest BCUT2D eigenvalue weighted by molar-refractivity contribution is 6.00. The van der Waals surface area contributed by atoms with Crippen LogP contribution in [-0.2, 0) is 9.59 Å². The molecule has 3 unspecified atom stereocenters. The molecule has 22 heavy (non-hydrogen) atoms. The van der Waals surface area contributed by atoms with E-state index in [4.69, 9.17) is 0 Å². The predicted molar refractivity (Wildman–Crippen MR) is 82.6 cm³/mol. The van der Waals surface area contributed by atoms with Crippen LogP contribution in [0.2, 0.25) is 0 Å². The molecule has 0 heterocycles. The molecule has 0 radical (unpaired) electrons. The van der Waals surface area contributed by atoms with E-state index in [9.17, 15) is 20.0 Å². The lowest BCUT2D eigenvalue weighted by Gasteiger charge is -2.16. The Bertz CT molecular complexity index is 664. The fraction of sp³-hybridized carbons (Fsp3) is 0.389. The van der Waals surface area contributed by atoms with Gasteiger partial charge in [0.15, 0.2) is 5.41 Å². The summed E-state index contributed by atoms with van der Waals surface area (Å²) >= 11 is 0. The quantitative estimate of drug-likeness (QED) is 0.926. The molecule has 1 aromatic carbocycles. The number of nitriles is 1. The van der Waals surface area contributed by atoms with Crippen molar-refractivity contribution in [3.63, 3.8) is 0 Å². The standard InChI is InChI=1S/C18H19NO3/c1-17(2,3)15(20)14-13(18(14,11-19)16(21)22)10-9-12-7-5-4-6-8-12/h4-10,13-14H,1-3H3,(H,21,22). The van der Waals surface area contributed by atoms with Gasteiger partial charge in [0.25, 0.3) is 0 Å². The van der Waals surface area contributed by atoms with Gasteiger partial charge in [-0.05, 0) is 5.56 Å². The van der Waals surface area contributed by atoms with Crippen molar-refractivity contribution in [2.45, 2.75) is 20.8 Å². The highest BCUT2D eigenvalue weighted by atomic mass is 16.4. The number of carboxylic acid groups (broad SMARTS) is 1. The molecule has 4 heteroatoms. The Morgan fingerprint density at radius 2 is 1.86 bits per heavy atom. The number of hydrogen-bond donors (Lipinski definition) is 1. The Hall–Kier alpha value is -2.41. The summed E-state index contributed by atoms with van der Waals surface area (Å²) in [6.45, 7) is 5.24. The molecule has 1 aliphatic rings. The molecule has 1 saturated carbocycles. The molecule has 1 N–H and O–H groups in total. The van der Waals surface area contributed by atoms with E-state index in [1.807, 2.05) is 36.4 Å². The molecule has 0 bridgehead atoms. The van der Waals surface area contributed by atoms with Gasteiger partial charge in [-0.15, -0.1) is 0 Å². The van der Waals surface area contributed by atoms with Crippen molar-refractivity contribution >= 4 is 17.8 Å². The van der Waals surface area contributed by atoms with Gasteiger partial charge in [0.2, 0.25) is 0 Å². The van der Waals surface area contributed by atoms with E-state index in [2.05, 4.69) is 0 Å². The minimum atomic E-state index is -1.63. The van der Waals surface area contributed by atoms with Gasteiger partial charge < -0.3 is 5.11 Å². The van der Waals surface area contributed by atoms with Gasteiger partial charge in [-0.2, -0.15) is 5.26 Å². The Morgan fingerprint density at radius 3 is 2.32 bits per heavy atom. The van der Waals surface area contributed by atoms with Gasteiger partial charge in [-0.1, -0.05) is 63.3 Å². The van der Waals surface area contributed by atoms with Crippen LogP contribution in [0.4, 0.5) is 0 Å². The molecule has 0 saturated heterocycles. The van der Waals surface area contributed by atoms with Crippen LogP contribution in [0.3, 0.4) is 0 Å². The summed E-state index contributed by atoms with van der Waals surface area (Å²) in [6, 6.07) is 11.3. The zero-order valence-corrected chi connectivity index (χ0v) is 12.9. The van der Waals surface area contributed by atoms with Crippen molar-refractivity contribution in [1.82, 2.24) is 0 Å². The highest BCUT2D eigenvalue weighted by Crippen LogP contribution is 2.61. The van der Waals surface area contributed by atoms with Crippen LogP contribution in [0.1, 0.15) is 26.3 Å². The third kappa shape index (κ3) is 2.55. The molecular formula is C18H19NO3. The minimum Gasteiger partial charge on any atom is -0.480 e. The monoisotopic (exact) mass is 297 g/mol. The first-order valence-corrected chi connectivity index (χ1v) is 7.17. The molecular weight excluding hydrogens is 278 g/mol. The van der Waals surface area contributed by atoms with E-state index < -0.39 is 28.6 Å². The Labute approximate surface area is 130 Å². The first-order chi connectivity index (χ1) is 10.2. The number of rotatable bonds is 4. The molecule has 0 amide bonds. The van der Waals surface area contributed by atoms with Gasteiger partial charge in [0.05, 0.1) is 12.0 Å². The van der Waals surface area contributed by atoms with Gasteiger partial charge in [-0.3, -0.25) is 9.59 Å². The highest BCUT2D eigenvalue weighted by Gasteiger charge is 2.73. The van der Waals surface area contributed by atoms with Gasteiger partial charge in [0, 0.05) is 11.3 Å². The smallest absolute Gasteiger partial charge is 0.325 e. The summed E-state index contributed by atoms with van der Waals surface area (Å²) in [5, 5.41) is 18.8. The van der Waals surface area contributed by atoms with E-state index >= 15 is 0 Å². The fourth-order valence-electron chi connectivity index (χ4n) is 2.76. The first kappa shape index (κ1) is 16.0. The van der Waals surface area contributed by atoms with Crippen molar-refractivity contribution in [2.75, 3.05) is 0 Å². The number of aliphatic carboxylic acids is 1. The van der Waals surface area contributed by atoms with Crippen LogP contribution in [0.25, 0.3) is 6.08 Å². The Balaban J connectivity index is 2.33. The summed E-state index contributed by atoms with van der Waals surface area (Å²) in [5.74, 6) is -2.77. The number of hydrogen-bond acceptors (Lipinski definition) is 3. The average molecular weight is 297 g/mol. The second-order valence-electron chi connectivity index (χ2n) is 6.67. The number of Topliss-reactive ketones (excluding diaryl/α,β-unsaturated/α-hetero) is 1. The lowest BCUT2D eigenvalue weighted by Crippen LogP contribution is -2.27. The fourth-order valence-corrected chi connectivity index (χ4v) is 2.76. The maximum atomic E-state index is 12.5. The molecule has 1 aromatic rings. The van der Waals surface area contributed by atoms with Crippen molar-refractivity contribution < 1.29 is 14.7 Å². The second-order valence-corrected chi connectivity index (χ2v) is 6.67. The first-order valence-electron chi connectivity index (χ1n) is 7.17. The van der Waals surface area contributed by atoms with Gasteiger partial charge in [0.1, 0.15) is 5.78 Å². The summed E-state index contributed by atoms with van der Waals surface area (Å²) in [5.41, 5.74) is -1.39. The van der Waals surface area contributed by atoms with E-state index in [0.717, 1.165) is 5.56 Å². The van der Waals surface area contributed by atoms with Crippen LogP contribution < -0.4 is 0 Å². The van der Waals surface area contributed by atoms with E-state index in [1.165, 1.54) is 0 Å². The van der Waals surface area contributed by atoms with Gasteiger partial charge >= 0.3 is 5.97 Å². The summed E-state index contributed by atoms with van der Waals surface area (Å²) in [6.07, 6.45) is 3.45. The third-order valence-electron chi connectivity index (χ3n) is 4.12. The summed E-state index contributed by atoms with van der Waals surface area (Å²) in [4.78, 5) is 24.0. The van der Waals surface area contributed by atoms with Crippen LogP contribution in [0.15, 0.2) is 36.4 Å². The van der Waals surface area contributed by atoms with Crippen LogP contribution in [0, 0.1) is 34.0 Å². The SMILES string of the molecule is CC(C)(C)C(=O)C1C(C=Cc2ccccc2)C1(C#N)C(=O)O. The second kappa shape index (κ2) is 5.42. The maximum absolute atomic E-state index is 12.5. The summed E-state index contributed by atoms with van der Waals surface area (Å²) < 4.78 is 0. The molecule has 114 valence electrons. The Morgan fingerprint density at radius 1 is 1.27 bits per heavy atom.